The minimum absolute atomic E-state index is 0.0527. The van der Waals surface area contributed by atoms with Crippen LogP contribution in [-0.2, 0) is 0 Å². The molecule has 1 N–H and O–H groups in total. The summed E-state index contributed by atoms with van der Waals surface area (Å²) >= 11 is 6.08. The SMILES string of the molecule is CCC1c2cc(Cl)ccc2C(=O)N1c1cncc(C(C)O)c1. The molecule has 0 saturated carbocycles. The van der Waals surface area contributed by atoms with Crippen LogP contribution < -0.4 is 4.90 Å². The summed E-state index contributed by atoms with van der Waals surface area (Å²) < 4.78 is 0. The van der Waals surface area contributed by atoms with Gasteiger partial charge in [0.05, 0.1) is 24.0 Å². The number of pyridine rings is 1. The van der Waals surface area contributed by atoms with E-state index in [2.05, 4.69) is 4.98 Å². The number of hydrogen-bond acceptors (Lipinski definition) is 3. The molecule has 2 aromatic rings. The van der Waals surface area contributed by atoms with Crippen molar-refractivity contribution in [2.45, 2.75) is 32.4 Å². The number of halogens is 1. The Morgan fingerprint density at radius 1 is 1.36 bits per heavy atom. The molecule has 0 radical (unpaired) electrons. The van der Waals surface area contributed by atoms with Gasteiger partial charge in [-0.1, -0.05) is 18.5 Å². The van der Waals surface area contributed by atoms with Crippen LogP contribution in [0.15, 0.2) is 36.7 Å². The van der Waals surface area contributed by atoms with Crippen molar-refractivity contribution in [3.63, 3.8) is 0 Å². The van der Waals surface area contributed by atoms with Crippen LogP contribution >= 0.6 is 11.6 Å². The van der Waals surface area contributed by atoms with Crippen molar-refractivity contribution < 1.29 is 9.90 Å². The minimum atomic E-state index is -0.623. The number of benzene rings is 1. The zero-order chi connectivity index (χ0) is 15.9. The molecular formula is C17H17ClN2O2. The maximum absolute atomic E-state index is 12.8. The van der Waals surface area contributed by atoms with Crippen LogP contribution in [0, 0.1) is 0 Å². The second kappa shape index (κ2) is 5.71. The van der Waals surface area contributed by atoms with E-state index in [0.717, 1.165) is 12.0 Å². The van der Waals surface area contributed by atoms with Gasteiger partial charge < -0.3 is 5.11 Å². The first-order chi connectivity index (χ1) is 10.5. The molecule has 0 fully saturated rings. The molecule has 1 amide bonds. The number of aliphatic hydroxyl groups is 1. The summed E-state index contributed by atoms with van der Waals surface area (Å²) in [6.45, 7) is 3.71. The van der Waals surface area contributed by atoms with Gasteiger partial charge in [0, 0.05) is 22.3 Å². The fraction of sp³-hybridized carbons (Fsp3) is 0.294. The van der Waals surface area contributed by atoms with Crippen LogP contribution in [0.1, 0.15) is 53.9 Å². The van der Waals surface area contributed by atoms with Gasteiger partial charge in [0.15, 0.2) is 0 Å². The summed E-state index contributed by atoms with van der Waals surface area (Å²) in [4.78, 5) is 18.6. The highest BCUT2D eigenvalue weighted by Gasteiger charge is 2.37. The van der Waals surface area contributed by atoms with Gasteiger partial charge in [-0.25, -0.2) is 0 Å². The number of nitrogens with zero attached hydrogens (tertiary/aromatic N) is 2. The number of carbonyl (C=O) groups excluding carboxylic acids is 1. The Labute approximate surface area is 134 Å². The van der Waals surface area contributed by atoms with Crippen molar-refractivity contribution in [1.82, 2.24) is 4.98 Å². The Hall–Kier alpha value is -1.91. The lowest BCUT2D eigenvalue weighted by atomic mass is 10.0. The fourth-order valence-corrected chi connectivity index (χ4v) is 3.10. The third-order valence-corrected chi connectivity index (χ3v) is 4.26. The molecule has 3 rings (SSSR count). The fourth-order valence-electron chi connectivity index (χ4n) is 2.92. The summed E-state index contributed by atoms with van der Waals surface area (Å²) in [7, 11) is 0. The molecule has 5 heteroatoms. The highest BCUT2D eigenvalue weighted by molar-refractivity contribution is 6.31. The molecule has 22 heavy (non-hydrogen) atoms. The minimum Gasteiger partial charge on any atom is -0.389 e. The summed E-state index contributed by atoms with van der Waals surface area (Å²) in [5, 5.41) is 10.4. The van der Waals surface area contributed by atoms with Crippen molar-refractivity contribution in [2.75, 3.05) is 4.90 Å². The molecule has 1 aliphatic heterocycles. The molecule has 1 aliphatic rings. The van der Waals surface area contributed by atoms with E-state index in [0.29, 0.717) is 21.8 Å². The molecule has 0 spiro atoms. The highest BCUT2D eigenvalue weighted by atomic mass is 35.5. The second-order valence-corrected chi connectivity index (χ2v) is 5.92. The number of anilines is 1. The standard InChI is InChI=1S/C17H17ClN2O2/c1-3-16-15-7-12(18)4-5-14(15)17(22)20(16)13-6-11(10(2)21)8-19-9-13/h4-10,16,21H,3H2,1-2H3. The van der Waals surface area contributed by atoms with Crippen LogP contribution in [-0.4, -0.2) is 16.0 Å². The molecule has 1 aromatic carbocycles. The Bertz CT molecular complexity index is 730. The quantitative estimate of drug-likeness (QED) is 0.934. The number of aliphatic hydroxyl groups excluding tert-OH is 1. The van der Waals surface area contributed by atoms with Gasteiger partial charge in [-0.2, -0.15) is 0 Å². The maximum Gasteiger partial charge on any atom is 0.259 e. The highest BCUT2D eigenvalue weighted by Crippen LogP contribution is 2.40. The smallest absolute Gasteiger partial charge is 0.259 e. The zero-order valence-electron chi connectivity index (χ0n) is 12.5. The van der Waals surface area contributed by atoms with Crippen molar-refractivity contribution in [3.8, 4) is 0 Å². The van der Waals surface area contributed by atoms with Gasteiger partial charge in [-0.15, -0.1) is 0 Å². The van der Waals surface area contributed by atoms with Gasteiger partial charge in [-0.05, 0) is 43.2 Å². The molecule has 0 aliphatic carbocycles. The van der Waals surface area contributed by atoms with Crippen LogP contribution in [0.25, 0.3) is 0 Å². The monoisotopic (exact) mass is 316 g/mol. The lowest BCUT2D eigenvalue weighted by molar-refractivity contribution is 0.0990. The number of aromatic nitrogens is 1. The molecule has 2 heterocycles. The average molecular weight is 317 g/mol. The summed E-state index contributed by atoms with van der Waals surface area (Å²) in [5.41, 5.74) is 3.01. The van der Waals surface area contributed by atoms with Gasteiger partial charge in [0.2, 0.25) is 0 Å². The van der Waals surface area contributed by atoms with E-state index in [4.69, 9.17) is 11.6 Å². The summed E-state index contributed by atoms with van der Waals surface area (Å²) in [5.74, 6) is -0.0527. The van der Waals surface area contributed by atoms with Gasteiger partial charge in [0.1, 0.15) is 0 Å². The Morgan fingerprint density at radius 2 is 2.14 bits per heavy atom. The number of rotatable bonds is 3. The van der Waals surface area contributed by atoms with Crippen LogP contribution in [0.2, 0.25) is 5.02 Å². The molecule has 114 valence electrons. The van der Waals surface area contributed by atoms with E-state index in [1.807, 2.05) is 19.1 Å². The zero-order valence-corrected chi connectivity index (χ0v) is 13.2. The van der Waals surface area contributed by atoms with E-state index in [-0.39, 0.29) is 11.9 Å². The van der Waals surface area contributed by atoms with Crippen LogP contribution in [0.3, 0.4) is 0 Å². The summed E-state index contributed by atoms with van der Waals surface area (Å²) in [6.07, 6.45) is 3.42. The molecule has 2 unspecified atom stereocenters. The number of amides is 1. The molecule has 1 aromatic heterocycles. The topological polar surface area (TPSA) is 53.4 Å². The third-order valence-electron chi connectivity index (χ3n) is 4.03. The first kappa shape index (κ1) is 15.0. The van der Waals surface area contributed by atoms with E-state index in [9.17, 15) is 9.90 Å². The molecular weight excluding hydrogens is 300 g/mol. The third kappa shape index (κ3) is 2.38. The predicted octanol–water partition coefficient (Wildman–Crippen LogP) is 3.90. The van der Waals surface area contributed by atoms with Crippen molar-refractivity contribution in [1.29, 1.82) is 0 Å². The first-order valence-corrected chi connectivity index (χ1v) is 7.66. The lowest BCUT2D eigenvalue weighted by Gasteiger charge is -2.24. The maximum atomic E-state index is 12.8. The Balaban J connectivity index is 2.08. The van der Waals surface area contributed by atoms with E-state index in [1.165, 1.54) is 0 Å². The van der Waals surface area contributed by atoms with Gasteiger partial charge in [-0.3, -0.25) is 14.7 Å². The Morgan fingerprint density at radius 3 is 2.82 bits per heavy atom. The van der Waals surface area contributed by atoms with Crippen molar-refractivity contribution in [3.05, 3.63) is 58.4 Å². The van der Waals surface area contributed by atoms with Crippen molar-refractivity contribution in [2.24, 2.45) is 0 Å². The predicted molar refractivity (Wildman–Crippen MR) is 86.2 cm³/mol. The molecule has 0 saturated heterocycles. The van der Waals surface area contributed by atoms with Crippen molar-refractivity contribution >= 4 is 23.2 Å². The van der Waals surface area contributed by atoms with E-state index in [1.54, 1.807) is 36.4 Å². The van der Waals surface area contributed by atoms with Crippen LogP contribution in [0.4, 0.5) is 5.69 Å². The molecule has 0 bridgehead atoms. The number of carbonyl (C=O) groups is 1. The number of hydrogen-bond donors (Lipinski definition) is 1. The largest absolute Gasteiger partial charge is 0.389 e. The van der Waals surface area contributed by atoms with Gasteiger partial charge in [0.25, 0.3) is 5.91 Å². The molecule has 4 nitrogen and oxygen atoms in total. The van der Waals surface area contributed by atoms with Crippen LogP contribution in [0.5, 0.6) is 0 Å². The average Bonchev–Trinajstić information content (AvgIpc) is 2.79. The van der Waals surface area contributed by atoms with Gasteiger partial charge >= 0.3 is 0 Å². The number of fused-ring (bicyclic) bond motifs is 1. The Kier molecular flexibility index (Phi) is 3.89. The van der Waals surface area contributed by atoms with E-state index < -0.39 is 6.10 Å². The van der Waals surface area contributed by atoms with E-state index >= 15 is 0 Å². The second-order valence-electron chi connectivity index (χ2n) is 5.48. The summed E-state index contributed by atoms with van der Waals surface area (Å²) in [6, 6.07) is 7.11. The lowest BCUT2D eigenvalue weighted by Crippen LogP contribution is -2.27. The normalized spacial score (nSPS) is 18.5. The molecule has 2 atom stereocenters. The first-order valence-electron chi connectivity index (χ1n) is 7.29.